The molecule has 4 nitrogen and oxygen atoms in total. The molecule has 0 amide bonds. The van der Waals surface area contributed by atoms with E-state index in [0.29, 0.717) is 0 Å². The van der Waals surface area contributed by atoms with Gasteiger partial charge in [-0.1, -0.05) is 18.2 Å². The van der Waals surface area contributed by atoms with Crippen molar-refractivity contribution in [1.29, 1.82) is 0 Å². The number of benzene rings is 2. The number of nitrogens with one attached hydrogen (secondary N) is 1. The Kier molecular flexibility index (Phi) is 1.71. The summed E-state index contributed by atoms with van der Waals surface area (Å²) < 4.78 is 0. The smallest absolute Gasteiger partial charge is 0.264 e. The molecule has 1 aromatic heterocycles. The van der Waals surface area contributed by atoms with Crippen LogP contribution < -0.4 is 11.3 Å². The summed E-state index contributed by atoms with van der Waals surface area (Å²) in [6.45, 7) is 0. The topological polar surface area (TPSA) is 71.8 Å². The van der Waals surface area contributed by atoms with Crippen molar-refractivity contribution in [2.75, 3.05) is 5.73 Å². The van der Waals surface area contributed by atoms with Crippen LogP contribution in [0.25, 0.3) is 21.7 Å². The number of anilines is 1. The van der Waals surface area contributed by atoms with Crippen LogP contribution in [0.15, 0.2) is 41.2 Å². The highest BCUT2D eigenvalue weighted by Crippen LogP contribution is 2.23. The van der Waals surface area contributed by atoms with E-state index in [4.69, 9.17) is 5.73 Å². The molecule has 16 heavy (non-hydrogen) atoms. The molecule has 0 aliphatic carbocycles. The van der Waals surface area contributed by atoms with Crippen molar-refractivity contribution in [1.82, 2.24) is 10.2 Å². The lowest BCUT2D eigenvalue weighted by atomic mass is 10.1. The second-order valence-electron chi connectivity index (χ2n) is 3.72. The maximum atomic E-state index is 11.1. The molecule has 0 bridgehead atoms. The number of fused-ring (bicyclic) bond motifs is 3. The van der Waals surface area contributed by atoms with Crippen LogP contribution in [0.4, 0.5) is 5.69 Å². The number of aromatic amines is 1. The quantitative estimate of drug-likeness (QED) is 0.438. The van der Waals surface area contributed by atoms with E-state index in [0.717, 1.165) is 27.4 Å². The number of nitrogens with zero attached hydrogens (tertiary/aromatic N) is 1. The highest BCUT2D eigenvalue weighted by Gasteiger charge is 2.02. The highest BCUT2D eigenvalue weighted by atomic mass is 16.1. The van der Waals surface area contributed by atoms with Crippen molar-refractivity contribution in [3.63, 3.8) is 0 Å². The molecule has 3 N–H and O–H groups in total. The molecule has 0 fully saturated rings. The van der Waals surface area contributed by atoms with Crippen molar-refractivity contribution in [3.8, 4) is 0 Å². The summed E-state index contributed by atoms with van der Waals surface area (Å²) in [6, 6.07) is 11.0. The fourth-order valence-electron chi connectivity index (χ4n) is 1.87. The molecule has 3 aromatic rings. The predicted octanol–water partition coefficient (Wildman–Crippen LogP) is 1.66. The zero-order valence-corrected chi connectivity index (χ0v) is 8.40. The zero-order valence-electron chi connectivity index (χ0n) is 8.40. The van der Waals surface area contributed by atoms with E-state index < -0.39 is 0 Å². The number of nitrogens with two attached hydrogens (primary N) is 1. The first-order valence-corrected chi connectivity index (χ1v) is 4.92. The Morgan fingerprint density at radius 3 is 2.75 bits per heavy atom. The van der Waals surface area contributed by atoms with E-state index in [1.807, 2.05) is 30.3 Å². The largest absolute Gasteiger partial charge is 0.399 e. The van der Waals surface area contributed by atoms with Gasteiger partial charge in [0, 0.05) is 22.5 Å². The maximum absolute atomic E-state index is 11.1. The number of aromatic nitrogens is 2. The third-order valence-corrected chi connectivity index (χ3v) is 2.61. The molecule has 0 saturated carbocycles. The molecule has 2 aromatic carbocycles. The standard InChI is InChI=1S/C12H9N3O/c13-9-3-4-10-7(5-9)1-2-8-6-11(16)14-15-12(8)10/h1-6H,13H2,(H,14,16). The Hall–Kier alpha value is -2.36. The third-order valence-electron chi connectivity index (χ3n) is 2.61. The second kappa shape index (κ2) is 3.06. The number of hydrogen-bond donors (Lipinski definition) is 2. The van der Waals surface area contributed by atoms with Crippen LogP contribution in [0.1, 0.15) is 0 Å². The van der Waals surface area contributed by atoms with Gasteiger partial charge in [0.05, 0.1) is 5.52 Å². The highest BCUT2D eigenvalue weighted by molar-refractivity contribution is 6.05. The van der Waals surface area contributed by atoms with Crippen LogP contribution in [0.5, 0.6) is 0 Å². The summed E-state index contributed by atoms with van der Waals surface area (Å²) in [7, 11) is 0. The van der Waals surface area contributed by atoms with E-state index in [2.05, 4.69) is 10.2 Å². The van der Waals surface area contributed by atoms with Crippen molar-refractivity contribution < 1.29 is 0 Å². The van der Waals surface area contributed by atoms with Gasteiger partial charge in [-0.2, -0.15) is 5.10 Å². The molecule has 0 radical (unpaired) electrons. The number of nitrogen functional groups attached to an aromatic ring is 1. The normalized spacial score (nSPS) is 11.0. The van der Waals surface area contributed by atoms with Crippen molar-refractivity contribution in [2.45, 2.75) is 0 Å². The van der Waals surface area contributed by atoms with Gasteiger partial charge >= 0.3 is 0 Å². The Morgan fingerprint density at radius 1 is 1.06 bits per heavy atom. The predicted molar refractivity (Wildman–Crippen MR) is 64.3 cm³/mol. The van der Waals surface area contributed by atoms with Crippen LogP contribution in [0, 0.1) is 0 Å². The zero-order chi connectivity index (χ0) is 11.1. The SMILES string of the molecule is Nc1ccc2c(ccc3cc(=O)[nH]nc32)c1. The minimum atomic E-state index is -0.192. The first-order valence-electron chi connectivity index (χ1n) is 4.92. The molecule has 0 aliphatic heterocycles. The van der Waals surface area contributed by atoms with Gasteiger partial charge in [-0.05, 0) is 17.5 Å². The van der Waals surface area contributed by atoms with E-state index in [-0.39, 0.29) is 5.56 Å². The van der Waals surface area contributed by atoms with E-state index >= 15 is 0 Å². The summed E-state index contributed by atoms with van der Waals surface area (Å²) in [4.78, 5) is 11.1. The minimum absolute atomic E-state index is 0.192. The summed E-state index contributed by atoms with van der Waals surface area (Å²) in [6.07, 6.45) is 0. The summed E-state index contributed by atoms with van der Waals surface area (Å²) in [5.41, 5.74) is 7.03. The first kappa shape index (κ1) is 8.91. The van der Waals surface area contributed by atoms with Gasteiger partial charge in [0.15, 0.2) is 0 Å². The molecular weight excluding hydrogens is 202 g/mol. The Labute approximate surface area is 90.7 Å². The van der Waals surface area contributed by atoms with Crippen molar-refractivity contribution >= 4 is 27.4 Å². The number of rotatable bonds is 0. The number of H-pyrrole nitrogens is 1. The monoisotopic (exact) mass is 211 g/mol. The van der Waals surface area contributed by atoms with Crippen LogP contribution in [0.2, 0.25) is 0 Å². The van der Waals surface area contributed by atoms with Crippen LogP contribution >= 0.6 is 0 Å². The molecule has 1 heterocycles. The Balaban J connectivity index is 2.54. The van der Waals surface area contributed by atoms with Gasteiger partial charge in [0.25, 0.3) is 5.56 Å². The van der Waals surface area contributed by atoms with Gasteiger partial charge in [0.2, 0.25) is 0 Å². The lowest BCUT2D eigenvalue weighted by molar-refractivity contribution is 1.03. The minimum Gasteiger partial charge on any atom is -0.399 e. The Morgan fingerprint density at radius 2 is 1.88 bits per heavy atom. The van der Waals surface area contributed by atoms with E-state index in [9.17, 15) is 4.79 Å². The molecule has 0 atom stereocenters. The van der Waals surface area contributed by atoms with E-state index in [1.165, 1.54) is 6.07 Å². The van der Waals surface area contributed by atoms with Gasteiger partial charge in [-0.25, -0.2) is 5.10 Å². The molecule has 3 rings (SSSR count). The average Bonchev–Trinajstić information content (AvgIpc) is 2.28. The fourth-order valence-corrected chi connectivity index (χ4v) is 1.87. The average molecular weight is 211 g/mol. The molecule has 0 unspecified atom stereocenters. The molecule has 0 spiro atoms. The molecular formula is C12H9N3O. The lowest BCUT2D eigenvalue weighted by Crippen LogP contribution is -2.05. The van der Waals surface area contributed by atoms with Crippen LogP contribution in [-0.4, -0.2) is 10.2 Å². The molecule has 4 heteroatoms. The molecule has 0 saturated heterocycles. The third kappa shape index (κ3) is 1.24. The van der Waals surface area contributed by atoms with Gasteiger partial charge in [-0.3, -0.25) is 4.79 Å². The maximum Gasteiger partial charge on any atom is 0.264 e. The lowest BCUT2D eigenvalue weighted by Gasteiger charge is -2.02. The molecule has 78 valence electrons. The van der Waals surface area contributed by atoms with Crippen molar-refractivity contribution in [2.24, 2.45) is 0 Å². The fraction of sp³-hybridized carbons (Fsp3) is 0. The summed E-state index contributed by atoms with van der Waals surface area (Å²) in [5.74, 6) is 0. The van der Waals surface area contributed by atoms with Crippen molar-refractivity contribution in [3.05, 3.63) is 46.8 Å². The first-order chi connectivity index (χ1) is 7.74. The van der Waals surface area contributed by atoms with Gasteiger partial charge < -0.3 is 5.73 Å². The van der Waals surface area contributed by atoms with Gasteiger partial charge in [0.1, 0.15) is 0 Å². The van der Waals surface area contributed by atoms with Gasteiger partial charge in [-0.15, -0.1) is 0 Å². The van der Waals surface area contributed by atoms with E-state index in [1.54, 1.807) is 0 Å². The second-order valence-corrected chi connectivity index (χ2v) is 3.72. The summed E-state index contributed by atoms with van der Waals surface area (Å²) in [5, 5.41) is 9.35. The molecule has 0 aliphatic rings. The summed E-state index contributed by atoms with van der Waals surface area (Å²) >= 11 is 0. The Bertz CT molecular complexity index is 746. The van der Waals surface area contributed by atoms with Crippen LogP contribution in [-0.2, 0) is 0 Å². The number of hydrogen-bond acceptors (Lipinski definition) is 3. The van der Waals surface area contributed by atoms with Crippen LogP contribution in [0.3, 0.4) is 0 Å².